The molecule has 0 saturated heterocycles. The highest BCUT2D eigenvalue weighted by atomic mass is 32.2. The summed E-state index contributed by atoms with van der Waals surface area (Å²) in [5.74, 6) is -0.396. The molecule has 4 aromatic rings. The fraction of sp³-hybridized carbons (Fsp3) is 0.179. The zero-order valence-corrected chi connectivity index (χ0v) is 20.0. The van der Waals surface area contributed by atoms with E-state index in [0.717, 1.165) is 33.2 Å². The normalized spacial score (nSPS) is 15.0. The molecule has 7 heteroatoms. The minimum Gasteiger partial charge on any atom is -0.497 e. The number of thioether (sulfide) groups is 1. The van der Waals surface area contributed by atoms with Crippen LogP contribution in [0.5, 0.6) is 5.75 Å². The molecule has 1 N–H and O–H groups in total. The third-order valence-corrected chi connectivity index (χ3v) is 7.17. The number of aromatic nitrogens is 1. The van der Waals surface area contributed by atoms with Crippen molar-refractivity contribution in [2.75, 3.05) is 12.9 Å². The number of pyridine rings is 1. The molecule has 0 spiro atoms. The summed E-state index contributed by atoms with van der Waals surface area (Å²) in [4.78, 5) is 31.4. The summed E-state index contributed by atoms with van der Waals surface area (Å²) in [6, 6.07) is 24.6. The summed E-state index contributed by atoms with van der Waals surface area (Å²) in [6.07, 6.45) is 0.314. The van der Waals surface area contributed by atoms with E-state index in [1.54, 1.807) is 7.11 Å². The number of carboxylic acid groups (broad SMARTS) is 1. The Balaban J connectivity index is 1.43. The smallest absolute Gasteiger partial charge is 0.326 e. The average molecular weight is 485 g/mol. The summed E-state index contributed by atoms with van der Waals surface area (Å²) in [6.45, 7) is 0.296. The molecule has 35 heavy (non-hydrogen) atoms. The van der Waals surface area contributed by atoms with Gasteiger partial charge in [-0.25, -0.2) is 9.78 Å². The summed E-state index contributed by atoms with van der Waals surface area (Å²) >= 11 is 1.32. The van der Waals surface area contributed by atoms with Crippen molar-refractivity contribution >= 4 is 34.5 Å². The van der Waals surface area contributed by atoms with Crippen molar-refractivity contribution in [3.63, 3.8) is 0 Å². The van der Waals surface area contributed by atoms with E-state index in [4.69, 9.17) is 9.72 Å². The molecule has 0 bridgehead atoms. The molecule has 1 aromatic heterocycles. The molecule has 2 heterocycles. The zero-order valence-electron chi connectivity index (χ0n) is 19.2. The monoisotopic (exact) mass is 484 g/mol. The van der Waals surface area contributed by atoms with Crippen LogP contribution in [0.4, 0.5) is 0 Å². The second kappa shape index (κ2) is 9.80. The largest absolute Gasteiger partial charge is 0.497 e. The summed E-state index contributed by atoms with van der Waals surface area (Å²) in [5.41, 5.74) is 4.82. The van der Waals surface area contributed by atoms with Gasteiger partial charge in [0.05, 0.1) is 23.4 Å². The van der Waals surface area contributed by atoms with Crippen LogP contribution in [-0.4, -0.2) is 45.8 Å². The maximum absolute atomic E-state index is 13.2. The second-order valence-corrected chi connectivity index (χ2v) is 9.39. The topological polar surface area (TPSA) is 79.7 Å². The lowest BCUT2D eigenvalue weighted by Crippen LogP contribution is -2.49. The van der Waals surface area contributed by atoms with E-state index in [1.165, 1.54) is 16.7 Å². The van der Waals surface area contributed by atoms with Crippen molar-refractivity contribution in [1.29, 1.82) is 0 Å². The summed E-state index contributed by atoms with van der Waals surface area (Å²) < 4.78 is 5.39. The van der Waals surface area contributed by atoms with Crippen molar-refractivity contribution in [3.05, 3.63) is 90.0 Å². The van der Waals surface area contributed by atoms with E-state index < -0.39 is 12.0 Å². The Hall–Kier alpha value is -3.84. The van der Waals surface area contributed by atoms with E-state index in [1.807, 2.05) is 78.9 Å². The molecule has 1 atom stereocenters. The standard InChI is InChI=1S/C28H24N2O4S/c1-34-21-11-12-22-23(18-7-3-2-4-8-18)15-26(29-24(22)14-21)35-17-27(31)30-16-20-10-6-5-9-19(20)13-25(30)28(32)33/h2-12,14-15,25H,13,16-17H2,1H3,(H,32,33)/t25-/m0/s1. The number of hydrogen-bond acceptors (Lipinski definition) is 5. The van der Waals surface area contributed by atoms with Gasteiger partial charge in [-0.3, -0.25) is 4.79 Å². The molecule has 0 radical (unpaired) electrons. The van der Waals surface area contributed by atoms with Crippen LogP contribution in [0, 0.1) is 0 Å². The van der Waals surface area contributed by atoms with Gasteiger partial charge in [0.1, 0.15) is 11.8 Å². The molecule has 176 valence electrons. The van der Waals surface area contributed by atoms with Crippen LogP contribution in [0.2, 0.25) is 0 Å². The van der Waals surface area contributed by atoms with E-state index in [2.05, 4.69) is 0 Å². The molecule has 0 fully saturated rings. The first kappa shape index (κ1) is 22.9. The van der Waals surface area contributed by atoms with Gasteiger partial charge in [0.25, 0.3) is 0 Å². The number of fused-ring (bicyclic) bond motifs is 2. The number of benzene rings is 3. The molecule has 0 saturated carbocycles. The predicted octanol–water partition coefficient (Wildman–Crippen LogP) is 5.04. The fourth-order valence-corrected chi connectivity index (χ4v) is 5.27. The van der Waals surface area contributed by atoms with Crippen molar-refractivity contribution in [3.8, 4) is 16.9 Å². The van der Waals surface area contributed by atoms with E-state index in [0.29, 0.717) is 23.7 Å². The molecule has 1 aliphatic heterocycles. The van der Waals surface area contributed by atoms with Gasteiger partial charge in [0, 0.05) is 24.4 Å². The number of aliphatic carboxylic acids is 1. The number of nitrogens with zero attached hydrogens (tertiary/aromatic N) is 2. The van der Waals surface area contributed by atoms with Crippen LogP contribution in [-0.2, 0) is 22.6 Å². The van der Waals surface area contributed by atoms with Gasteiger partial charge in [0.15, 0.2) is 0 Å². The quantitative estimate of drug-likeness (QED) is 0.386. The minimum absolute atomic E-state index is 0.0999. The first-order chi connectivity index (χ1) is 17.0. The number of amides is 1. The Morgan fingerprint density at radius 2 is 1.77 bits per heavy atom. The molecular weight excluding hydrogens is 460 g/mol. The predicted molar refractivity (Wildman–Crippen MR) is 137 cm³/mol. The molecule has 1 aliphatic rings. The van der Waals surface area contributed by atoms with Crippen LogP contribution in [0.25, 0.3) is 22.0 Å². The van der Waals surface area contributed by atoms with Crippen LogP contribution in [0.3, 0.4) is 0 Å². The van der Waals surface area contributed by atoms with Gasteiger partial charge in [-0.05, 0) is 40.5 Å². The number of carbonyl (C=O) groups excluding carboxylic acids is 1. The summed E-state index contributed by atoms with van der Waals surface area (Å²) in [7, 11) is 1.62. The second-order valence-electron chi connectivity index (χ2n) is 8.39. The first-order valence-electron chi connectivity index (χ1n) is 11.3. The van der Waals surface area contributed by atoms with Crippen molar-refractivity contribution in [2.24, 2.45) is 0 Å². The maximum Gasteiger partial charge on any atom is 0.326 e. The van der Waals surface area contributed by atoms with Gasteiger partial charge in [-0.15, -0.1) is 0 Å². The molecule has 6 nitrogen and oxygen atoms in total. The highest BCUT2D eigenvalue weighted by Crippen LogP contribution is 2.34. The molecular formula is C28H24N2O4S. The maximum atomic E-state index is 13.2. The van der Waals surface area contributed by atoms with Crippen LogP contribution >= 0.6 is 11.8 Å². The minimum atomic E-state index is -0.986. The lowest BCUT2D eigenvalue weighted by molar-refractivity contribution is -0.150. The van der Waals surface area contributed by atoms with E-state index in [9.17, 15) is 14.7 Å². The highest BCUT2D eigenvalue weighted by Gasteiger charge is 2.34. The van der Waals surface area contributed by atoms with E-state index in [-0.39, 0.29) is 11.7 Å². The van der Waals surface area contributed by atoms with Gasteiger partial charge < -0.3 is 14.7 Å². The fourth-order valence-electron chi connectivity index (χ4n) is 4.47. The Morgan fingerprint density at radius 1 is 1.03 bits per heavy atom. The zero-order chi connectivity index (χ0) is 24.4. The average Bonchev–Trinajstić information content (AvgIpc) is 2.90. The SMILES string of the molecule is COc1ccc2c(-c3ccccc3)cc(SCC(=O)N3Cc4ccccc4C[C@H]3C(=O)O)nc2c1. The van der Waals surface area contributed by atoms with E-state index >= 15 is 0 Å². The molecule has 1 amide bonds. The third kappa shape index (κ3) is 4.72. The van der Waals surface area contributed by atoms with Gasteiger partial charge >= 0.3 is 5.97 Å². The number of rotatable bonds is 6. The van der Waals surface area contributed by atoms with Crippen molar-refractivity contribution in [1.82, 2.24) is 9.88 Å². The molecule has 5 rings (SSSR count). The highest BCUT2D eigenvalue weighted by molar-refractivity contribution is 7.99. The van der Waals surface area contributed by atoms with Gasteiger partial charge in [-0.1, -0.05) is 66.4 Å². The van der Waals surface area contributed by atoms with Gasteiger partial charge in [-0.2, -0.15) is 0 Å². The molecule has 0 aliphatic carbocycles. The number of ether oxygens (including phenoxy) is 1. The van der Waals surface area contributed by atoms with Crippen LogP contribution in [0.15, 0.2) is 83.9 Å². The molecule has 0 unspecified atom stereocenters. The Bertz CT molecular complexity index is 1410. The lowest BCUT2D eigenvalue weighted by Gasteiger charge is -2.34. The van der Waals surface area contributed by atoms with Crippen LogP contribution in [0.1, 0.15) is 11.1 Å². The number of carboxylic acids is 1. The molecule has 3 aromatic carbocycles. The van der Waals surface area contributed by atoms with Gasteiger partial charge in [0.2, 0.25) is 5.91 Å². The first-order valence-corrected chi connectivity index (χ1v) is 12.3. The Morgan fingerprint density at radius 3 is 2.51 bits per heavy atom. The Kier molecular flexibility index (Phi) is 6.42. The van der Waals surface area contributed by atoms with Crippen molar-refractivity contribution < 1.29 is 19.4 Å². The third-order valence-electron chi connectivity index (χ3n) is 6.28. The summed E-state index contributed by atoms with van der Waals surface area (Å²) in [5, 5.41) is 11.5. The lowest BCUT2D eigenvalue weighted by atomic mass is 9.94. The Labute approximate surface area is 207 Å². The number of hydrogen-bond donors (Lipinski definition) is 1. The number of carbonyl (C=O) groups is 2. The number of methoxy groups -OCH3 is 1. The van der Waals surface area contributed by atoms with Crippen LogP contribution < -0.4 is 4.74 Å². The van der Waals surface area contributed by atoms with Crippen molar-refractivity contribution in [2.45, 2.75) is 24.0 Å².